The number of aryl methyl sites for hydroxylation is 1. The molecule has 0 amide bonds. The van der Waals surface area contributed by atoms with Gasteiger partial charge in [-0.25, -0.2) is 0 Å². The molecule has 2 rings (SSSR count). The first-order valence-electron chi connectivity index (χ1n) is 7.59. The van der Waals surface area contributed by atoms with Crippen molar-refractivity contribution in [2.24, 2.45) is 0 Å². The Kier molecular flexibility index (Phi) is 6.37. The van der Waals surface area contributed by atoms with Crippen molar-refractivity contribution in [1.29, 1.82) is 0 Å². The molecular formula is C18H24N2O2. The second-order valence-electron chi connectivity index (χ2n) is 5.61. The molecule has 0 spiro atoms. The summed E-state index contributed by atoms with van der Waals surface area (Å²) in [5.74, 6) is 0.792. The zero-order valence-electron chi connectivity index (χ0n) is 13.3. The van der Waals surface area contributed by atoms with E-state index in [1.54, 1.807) is 6.20 Å². The Morgan fingerprint density at radius 2 is 1.95 bits per heavy atom. The summed E-state index contributed by atoms with van der Waals surface area (Å²) >= 11 is 0. The number of benzene rings is 1. The van der Waals surface area contributed by atoms with E-state index in [1.165, 1.54) is 5.56 Å². The molecule has 1 unspecified atom stereocenters. The van der Waals surface area contributed by atoms with Gasteiger partial charge in [0.25, 0.3) is 0 Å². The van der Waals surface area contributed by atoms with Crippen LogP contribution < -0.4 is 4.74 Å². The fourth-order valence-electron chi connectivity index (χ4n) is 2.18. The van der Waals surface area contributed by atoms with Gasteiger partial charge < -0.3 is 14.7 Å². The zero-order chi connectivity index (χ0) is 15.8. The summed E-state index contributed by atoms with van der Waals surface area (Å²) < 4.78 is 5.60. The van der Waals surface area contributed by atoms with Crippen molar-refractivity contribution in [1.82, 2.24) is 9.88 Å². The predicted molar refractivity (Wildman–Crippen MR) is 88.1 cm³/mol. The third-order valence-corrected chi connectivity index (χ3v) is 3.46. The van der Waals surface area contributed by atoms with E-state index in [9.17, 15) is 5.11 Å². The number of nitrogens with zero attached hydrogens (tertiary/aromatic N) is 2. The fourth-order valence-corrected chi connectivity index (χ4v) is 2.18. The molecule has 0 saturated carbocycles. The van der Waals surface area contributed by atoms with Crippen molar-refractivity contribution in [3.8, 4) is 5.75 Å². The van der Waals surface area contributed by atoms with E-state index in [2.05, 4.69) is 9.88 Å². The maximum absolute atomic E-state index is 10.1. The number of hydrogen-bond acceptors (Lipinski definition) is 4. The number of rotatable bonds is 8. The van der Waals surface area contributed by atoms with Gasteiger partial charge in [0.05, 0.1) is 0 Å². The first-order chi connectivity index (χ1) is 10.6. The van der Waals surface area contributed by atoms with Gasteiger partial charge in [-0.1, -0.05) is 23.8 Å². The van der Waals surface area contributed by atoms with Crippen molar-refractivity contribution in [2.75, 3.05) is 26.7 Å². The third kappa shape index (κ3) is 5.84. The van der Waals surface area contributed by atoms with Gasteiger partial charge >= 0.3 is 0 Å². The lowest BCUT2D eigenvalue weighted by Gasteiger charge is -2.20. The highest BCUT2D eigenvalue weighted by atomic mass is 16.5. The Morgan fingerprint density at radius 3 is 2.64 bits per heavy atom. The lowest BCUT2D eigenvalue weighted by Crippen LogP contribution is -2.34. The van der Waals surface area contributed by atoms with Crippen molar-refractivity contribution in [2.45, 2.75) is 19.4 Å². The van der Waals surface area contributed by atoms with Crippen molar-refractivity contribution in [3.05, 3.63) is 59.9 Å². The highest BCUT2D eigenvalue weighted by molar-refractivity contribution is 5.26. The minimum Gasteiger partial charge on any atom is -0.491 e. The largest absolute Gasteiger partial charge is 0.491 e. The van der Waals surface area contributed by atoms with E-state index in [0.29, 0.717) is 13.2 Å². The van der Waals surface area contributed by atoms with Crippen LogP contribution in [0.25, 0.3) is 0 Å². The Hall–Kier alpha value is -1.91. The number of aliphatic hydroxyl groups is 1. The average Bonchev–Trinajstić information content (AvgIpc) is 2.53. The number of likely N-dealkylation sites (N-methyl/N-ethyl adjacent to an activating group) is 1. The maximum Gasteiger partial charge on any atom is 0.119 e. The number of aromatic nitrogens is 1. The van der Waals surface area contributed by atoms with Crippen LogP contribution in [0.1, 0.15) is 11.3 Å². The second-order valence-corrected chi connectivity index (χ2v) is 5.61. The molecule has 1 atom stereocenters. The normalized spacial score (nSPS) is 12.4. The molecule has 1 aromatic heterocycles. The van der Waals surface area contributed by atoms with Gasteiger partial charge in [-0.05, 0) is 38.2 Å². The van der Waals surface area contributed by atoms with E-state index in [-0.39, 0.29) is 0 Å². The standard InChI is InChI=1S/C18H24N2O2/c1-15-6-8-18(9-7-15)22-14-17(21)13-20(2)12-10-16-5-3-4-11-19-16/h3-9,11,17,21H,10,12-14H2,1-2H3. The molecule has 1 aromatic carbocycles. The van der Waals surface area contributed by atoms with Crippen LogP contribution in [0.3, 0.4) is 0 Å². The van der Waals surface area contributed by atoms with Crippen LogP contribution in [0.4, 0.5) is 0 Å². The Bertz CT molecular complexity index is 543. The molecule has 0 radical (unpaired) electrons. The van der Waals surface area contributed by atoms with Crippen LogP contribution >= 0.6 is 0 Å². The maximum atomic E-state index is 10.1. The quantitative estimate of drug-likeness (QED) is 0.812. The monoisotopic (exact) mass is 300 g/mol. The molecule has 2 aromatic rings. The van der Waals surface area contributed by atoms with Crippen LogP contribution in [-0.4, -0.2) is 47.8 Å². The topological polar surface area (TPSA) is 45.6 Å². The molecule has 0 aliphatic carbocycles. The zero-order valence-corrected chi connectivity index (χ0v) is 13.3. The summed E-state index contributed by atoms with van der Waals surface area (Å²) in [6, 6.07) is 13.8. The molecule has 0 bridgehead atoms. The smallest absolute Gasteiger partial charge is 0.119 e. The predicted octanol–water partition coefficient (Wildman–Crippen LogP) is 2.30. The van der Waals surface area contributed by atoms with Crippen LogP contribution in [0, 0.1) is 6.92 Å². The molecule has 0 saturated heterocycles. The van der Waals surface area contributed by atoms with Gasteiger partial charge in [-0.15, -0.1) is 0 Å². The van der Waals surface area contributed by atoms with Gasteiger partial charge in [0.15, 0.2) is 0 Å². The first kappa shape index (κ1) is 16.5. The van der Waals surface area contributed by atoms with Crippen LogP contribution in [0.5, 0.6) is 5.75 Å². The van der Waals surface area contributed by atoms with Crippen molar-refractivity contribution < 1.29 is 9.84 Å². The first-order valence-corrected chi connectivity index (χ1v) is 7.59. The Labute approximate surface area is 132 Å². The summed E-state index contributed by atoms with van der Waals surface area (Å²) in [5.41, 5.74) is 2.27. The molecule has 0 fully saturated rings. The third-order valence-electron chi connectivity index (χ3n) is 3.46. The van der Waals surface area contributed by atoms with Gasteiger partial charge in [0.1, 0.15) is 18.5 Å². The number of ether oxygens (including phenoxy) is 1. The second kappa shape index (κ2) is 8.51. The van der Waals surface area contributed by atoms with Gasteiger partial charge in [-0.2, -0.15) is 0 Å². The van der Waals surface area contributed by atoms with E-state index < -0.39 is 6.10 Å². The Balaban J connectivity index is 1.67. The number of aliphatic hydroxyl groups excluding tert-OH is 1. The summed E-state index contributed by atoms with van der Waals surface area (Å²) in [5, 5.41) is 10.1. The Morgan fingerprint density at radius 1 is 1.18 bits per heavy atom. The minimum absolute atomic E-state index is 0.303. The van der Waals surface area contributed by atoms with Crippen LogP contribution in [-0.2, 0) is 6.42 Å². The van der Waals surface area contributed by atoms with E-state index in [4.69, 9.17) is 4.74 Å². The highest BCUT2D eigenvalue weighted by Gasteiger charge is 2.09. The summed E-state index contributed by atoms with van der Waals surface area (Å²) in [4.78, 5) is 6.39. The SMILES string of the molecule is Cc1ccc(OCC(O)CN(C)CCc2ccccn2)cc1. The number of hydrogen-bond donors (Lipinski definition) is 1. The molecule has 118 valence electrons. The van der Waals surface area contributed by atoms with E-state index in [0.717, 1.165) is 24.4 Å². The molecule has 4 heteroatoms. The van der Waals surface area contributed by atoms with Crippen molar-refractivity contribution >= 4 is 0 Å². The summed E-state index contributed by atoms with van der Waals surface area (Å²) in [6.45, 7) is 3.78. The number of pyridine rings is 1. The lowest BCUT2D eigenvalue weighted by molar-refractivity contribution is 0.0766. The molecule has 0 aliphatic heterocycles. The average molecular weight is 300 g/mol. The van der Waals surface area contributed by atoms with Gasteiger partial charge in [-0.3, -0.25) is 4.98 Å². The van der Waals surface area contributed by atoms with E-state index >= 15 is 0 Å². The lowest BCUT2D eigenvalue weighted by atomic mass is 10.2. The van der Waals surface area contributed by atoms with Gasteiger partial charge in [0.2, 0.25) is 0 Å². The minimum atomic E-state index is -0.505. The molecule has 1 heterocycles. The fraction of sp³-hybridized carbons (Fsp3) is 0.389. The van der Waals surface area contributed by atoms with Crippen molar-refractivity contribution in [3.63, 3.8) is 0 Å². The van der Waals surface area contributed by atoms with E-state index in [1.807, 2.05) is 56.4 Å². The molecular weight excluding hydrogens is 276 g/mol. The van der Waals surface area contributed by atoms with Gasteiger partial charge in [0, 0.05) is 31.4 Å². The molecule has 0 aliphatic rings. The molecule has 22 heavy (non-hydrogen) atoms. The van der Waals surface area contributed by atoms with Crippen LogP contribution in [0.15, 0.2) is 48.7 Å². The summed E-state index contributed by atoms with van der Waals surface area (Å²) in [7, 11) is 2.00. The van der Waals surface area contributed by atoms with Crippen LogP contribution in [0.2, 0.25) is 0 Å². The molecule has 1 N–H and O–H groups in total. The highest BCUT2D eigenvalue weighted by Crippen LogP contribution is 2.11. The molecule has 4 nitrogen and oxygen atoms in total. The summed E-state index contributed by atoms with van der Waals surface area (Å²) in [6.07, 6.45) is 2.18.